The molecular weight excluding hydrogens is 244 g/mol. The summed E-state index contributed by atoms with van der Waals surface area (Å²) in [5.74, 6) is -0.318. The molecule has 1 rings (SSSR count). The molecule has 0 aromatic carbocycles. The second-order valence-electron chi connectivity index (χ2n) is 4.71. The summed E-state index contributed by atoms with van der Waals surface area (Å²) in [6.45, 7) is 7.19. The number of nitrogens with two attached hydrogens (primary N) is 1. The SMILES string of the molecule is CCC(C)(NC(=O)c1ccc(C)nc1C)C(N)=NO. The summed E-state index contributed by atoms with van der Waals surface area (Å²) >= 11 is 0. The molecule has 0 spiro atoms. The highest BCUT2D eigenvalue weighted by Crippen LogP contribution is 2.13. The van der Waals surface area contributed by atoms with Gasteiger partial charge in [0, 0.05) is 5.69 Å². The van der Waals surface area contributed by atoms with Gasteiger partial charge in [-0.3, -0.25) is 9.78 Å². The standard InChI is InChI=1S/C13H20N4O2/c1-5-13(4,12(14)17-19)16-11(18)10-7-6-8(2)15-9(10)3/h6-7,19H,5H2,1-4H3,(H2,14,17)(H,16,18). The third-order valence-electron chi connectivity index (χ3n) is 3.24. The molecule has 19 heavy (non-hydrogen) atoms. The van der Waals surface area contributed by atoms with Crippen LogP contribution < -0.4 is 11.1 Å². The molecule has 0 aliphatic heterocycles. The predicted molar refractivity (Wildman–Crippen MR) is 73.3 cm³/mol. The molecule has 104 valence electrons. The van der Waals surface area contributed by atoms with Gasteiger partial charge in [0.1, 0.15) is 0 Å². The van der Waals surface area contributed by atoms with E-state index < -0.39 is 5.54 Å². The van der Waals surface area contributed by atoms with Gasteiger partial charge in [0.25, 0.3) is 5.91 Å². The Hall–Kier alpha value is -2.11. The molecule has 0 saturated heterocycles. The van der Waals surface area contributed by atoms with Crippen LogP contribution in [0.25, 0.3) is 0 Å². The molecule has 1 unspecified atom stereocenters. The minimum Gasteiger partial charge on any atom is -0.409 e. The minimum absolute atomic E-state index is 0.0268. The largest absolute Gasteiger partial charge is 0.409 e. The summed E-state index contributed by atoms with van der Waals surface area (Å²) in [4.78, 5) is 16.5. The van der Waals surface area contributed by atoms with Gasteiger partial charge in [-0.25, -0.2) is 0 Å². The third kappa shape index (κ3) is 3.21. The van der Waals surface area contributed by atoms with Crippen LogP contribution in [-0.2, 0) is 0 Å². The number of amides is 1. The first kappa shape index (κ1) is 14.9. The van der Waals surface area contributed by atoms with Crippen LogP contribution in [0.3, 0.4) is 0 Å². The molecule has 1 aromatic rings. The van der Waals surface area contributed by atoms with Gasteiger partial charge >= 0.3 is 0 Å². The van der Waals surface area contributed by atoms with Crippen molar-refractivity contribution < 1.29 is 10.0 Å². The number of hydrogen-bond donors (Lipinski definition) is 3. The van der Waals surface area contributed by atoms with E-state index in [1.807, 2.05) is 13.8 Å². The lowest BCUT2D eigenvalue weighted by Gasteiger charge is -2.28. The lowest BCUT2D eigenvalue weighted by atomic mass is 9.96. The molecule has 0 radical (unpaired) electrons. The highest BCUT2D eigenvalue weighted by molar-refractivity contribution is 6.00. The minimum atomic E-state index is -0.886. The number of aryl methyl sites for hydroxylation is 2. The summed E-state index contributed by atoms with van der Waals surface area (Å²) < 4.78 is 0. The van der Waals surface area contributed by atoms with Crippen molar-refractivity contribution in [3.63, 3.8) is 0 Å². The molecule has 0 aliphatic carbocycles. The Labute approximate surface area is 112 Å². The van der Waals surface area contributed by atoms with Gasteiger partial charge in [-0.1, -0.05) is 12.1 Å². The maximum Gasteiger partial charge on any atom is 0.253 e. The van der Waals surface area contributed by atoms with E-state index in [0.717, 1.165) is 5.69 Å². The Kier molecular flexibility index (Phi) is 4.47. The molecule has 4 N–H and O–H groups in total. The first-order valence-electron chi connectivity index (χ1n) is 6.08. The second-order valence-corrected chi connectivity index (χ2v) is 4.71. The summed E-state index contributed by atoms with van der Waals surface area (Å²) in [6, 6.07) is 3.49. The zero-order valence-electron chi connectivity index (χ0n) is 11.7. The van der Waals surface area contributed by atoms with Crippen molar-refractivity contribution >= 4 is 11.7 Å². The summed E-state index contributed by atoms with van der Waals surface area (Å²) in [6.07, 6.45) is 0.507. The van der Waals surface area contributed by atoms with Gasteiger partial charge in [-0.05, 0) is 39.3 Å². The average Bonchev–Trinajstić information content (AvgIpc) is 2.37. The Morgan fingerprint density at radius 3 is 2.63 bits per heavy atom. The molecule has 0 bridgehead atoms. The molecule has 1 amide bonds. The van der Waals surface area contributed by atoms with Crippen molar-refractivity contribution in [3.8, 4) is 0 Å². The number of nitrogens with zero attached hydrogens (tertiary/aromatic N) is 2. The van der Waals surface area contributed by atoms with Crippen LogP contribution in [0, 0.1) is 13.8 Å². The summed E-state index contributed by atoms with van der Waals surface area (Å²) in [5.41, 5.74) is 6.72. The molecule has 0 aliphatic rings. The van der Waals surface area contributed by atoms with Crippen molar-refractivity contribution in [3.05, 3.63) is 29.1 Å². The number of nitrogens with one attached hydrogen (secondary N) is 1. The molecule has 1 atom stereocenters. The lowest BCUT2D eigenvalue weighted by molar-refractivity contribution is 0.0924. The van der Waals surface area contributed by atoms with Crippen LogP contribution >= 0.6 is 0 Å². The van der Waals surface area contributed by atoms with E-state index in [1.165, 1.54) is 0 Å². The first-order chi connectivity index (χ1) is 8.84. The fraction of sp³-hybridized carbons (Fsp3) is 0.462. The topological polar surface area (TPSA) is 101 Å². The Bertz CT molecular complexity index is 513. The van der Waals surface area contributed by atoms with Crippen molar-refractivity contribution in [1.82, 2.24) is 10.3 Å². The molecule has 1 heterocycles. The fourth-order valence-corrected chi connectivity index (χ4v) is 1.69. The van der Waals surface area contributed by atoms with E-state index in [9.17, 15) is 4.79 Å². The van der Waals surface area contributed by atoms with E-state index in [4.69, 9.17) is 10.9 Å². The quantitative estimate of drug-likeness (QED) is 0.330. The third-order valence-corrected chi connectivity index (χ3v) is 3.24. The Morgan fingerprint density at radius 1 is 1.53 bits per heavy atom. The monoisotopic (exact) mass is 264 g/mol. The molecular formula is C13H20N4O2. The van der Waals surface area contributed by atoms with Crippen LogP contribution in [0.4, 0.5) is 0 Å². The number of pyridine rings is 1. The van der Waals surface area contributed by atoms with Gasteiger partial charge < -0.3 is 16.3 Å². The number of carbonyl (C=O) groups is 1. The highest BCUT2D eigenvalue weighted by Gasteiger charge is 2.30. The zero-order chi connectivity index (χ0) is 14.6. The van der Waals surface area contributed by atoms with Gasteiger partial charge in [-0.2, -0.15) is 0 Å². The molecule has 6 nitrogen and oxygen atoms in total. The van der Waals surface area contributed by atoms with Gasteiger partial charge in [0.15, 0.2) is 5.84 Å². The second kappa shape index (κ2) is 5.69. The van der Waals surface area contributed by atoms with E-state index >= 15 is 0 Å². The smallest absolute Gasteiger partial charge is 0.253 e. The summed E-state index contributed by atoms with van der Waals surface area (Å²) in [5, 5.41) is 14.5. The van der Waals surface area contributed by atoms with E-state index in [0.29, 0.717) is 17.7 Å². The maximum absolute atomic E-state index is 12.2. The van der Waals surface area contributed by atoms with Crippen LogP contribution in [0.2, 0.25) is 0 Å². The molecule has 1 aromatic heterocycles. The van der Waals surface area contributed by atoms with E-state index in [2.05, 4.69) is 15.5 Å². The normalized spacial score (nSPS) is 14.8. The van der Waals surface area contributed by atoms with Crippen molar-refractivity contribution in [2.75, 3.05) is 0 Å². The van der Waals surface area contributed by atoms with Gasteiger partial charge in [-0.15, -0.1) is 0 Å². The lowest BCUT2D eigenvalue weighted by Crippen LogP contribution is -2.55. The fourth-order valence-electron chi connectivity index (χ4n) is 1.69. The number of aromatic nitrogens is 1. The van der Waals surface area contributed by atoms with Gasteiger partial charge in [0.2, 0.25) is 0 Å². The maximum atomic E-state index is 12.2. The van der Waals surface area contributed by atoms with Crippen molar-refractivity contribution in [2.45, 2.75) is 39.7 Å². The summed E-state index contributed by atoms with van der Waals surface area (Å²) in [7, 11) is 0. The molecule has 6 heteroatoms. The molecule has 0 saturated carbocycles. The Balaban J connectivity index is 3.02. The number of rotatable bonds is 4. The Morgan fingerprint density at radius 2 is 2.16 bits per heavy atom. The van der Waals surface area contributed by atoms with Crippen molar-refractivity contribution in [1.29, 1.82) is 0 Å². The van der Waals surface area contributed by atoms with E-state index in [1.54, 1.807) is 26.0 Å². The van der Waals surface area contributed by atoms with Crippen LogP contribution in [0.1, 0.15) is 42.0 Å². The van der Waals surface area contributed by atoms with Crippen LogP contribution in [0.5, 0.6) is 0 Å². The van der Waals surface area contributed by atoms with Crippen LogP contribution in [0.15, 0.2) is 17.3 Å². The number of amidine groups is 1. The van der Waals surface area contributed by atoms with E-state index in [-0.39, 0.29) is 11.7 Å². The van der Waals surface area contributed by atoms with Gasteiger partial charge in [0.05, 0.1) is 16.8 Å². The average molecular weight is 264 g/mol. The van der Waals surface area contributed by atoms with Crippen LogP contribution in [-0.4, -0.2) is 27.5 Å². The highest BCUT2D eigenvalue weighted by atomic mass is 16.4. The number of hydrogen-bond acceptors (Lipinski definition) is 4. The van der Waals surface area contributed by atoms with Crippen molar-refractivity contribution in [2.24, 2.45) is 10.9 Å². The number of oxime groups is 1. The molecule has 0 fully saturated rings. The number of carbonyl (C=O) groups excluding carboxylic acids is 1. The first-order valence-corrected chi connectivity index (χ1v) is 6.08. The zero-order valence-corrected chi connectivity index (χ0v) is 11.7. The predicted octanol–water partition coefficient (Wildman–Crippen LogP) is 1.34.